The molecule has 3 heterocycles. The number of fused-ring (bicyclic) bond motifs is 3. The van der Waals surface area contributed by atoms with Crippen LogP contribution in [0.15, 0.2) is 15.0 Å². The summed E-state index contributed by atoms with van der Waals surface area (Å²) in [6.45, 7) is 0.161. The normalized spacial score (nSPS) is 17.5. The molecular weight excluding hydrogens is 210 g/mol. The largest absolute Gasteiger partial charge is 0.282 e. The van der Waals surface area contributed by atoms with Gasteiger partial charge in [-0.1, -0.05) is 0 Å². The van der Waals surface area contributed by atoms with E-state index in [9.17, 15) is 4.79 Å². The molecule has 0 saturated carbocycles. The van der Waals surface area contributed by atoms with Gasteiger partial charge in [0.1, 0.15) is 11.2 Å². The van der Waals surface area contributed by atoms with Crippen LogP contribution in [0.4, 0.5) is 0 Å². The Kier molecular flexibility index (Phi) is 1.85. The Morgan fingerprint density at radius 2 is 2.33 bits per heavy atom. The van der Waals surface area contributed by atoms with E-state index < -0.39 is 0 Å². The predicted molar refractivity (Wildman–Crippen MR) is 59.2 cm³/mol. The molecule has 0 atom stereocenters. The van der Waals surface area contributed by atoms with Gasteiger partial charge in [-0.15, -0.1) is 11.3 Å². The summed E-state index contributed by atoms with van der Waals surface area (Å²) >= 11 is 1.51. The van der Waals surface area contributed by atoms with Crippen LogP contribution in [-0.4, -0.2) is 24.9 Å². The van der Waals surface area contributed by atoms with E-state index in [1.807, 2.05) is 12.4 Å². The molecule has 74 valence electrons. The number of rotatable bonds is 0. The molecule has 15 heavy (non-hydrogen) atoms. The molecule has 0 saturated heterocycles. The van der Waals surface area contributed by atoms with Gasteiger partial charge in [0, 0.05) is 30.6 Å². The van der Waals surface area contributed by atoms with Gasteiger partial charge in [0.15, 0.2) is 0 Å². The summed E-state index contributed by atoms with van der Waals surface area (Å²) in [6, 6.07) is 0. The maximum atomic E-state index is 11.2. The predicted octanol–water partition coefficient (Wildman–Crippen LogP) is -0.308. The number of thiophene rings is 1. The Morgan fingerprint density at radius 1 is 1.40 bits per heavy atom. The van der Waals surface area contributed by atoms with E-state index in [2.05, 4.69) is 15.0 Å². The van der Waals surface area contributed by atoms with Crippen molar-refractivity contribution in [3.8, 4) is 0 Å². The van der Waals surface area contributed by atoms with Crippen molar-refractivity contribution < 1.29 is 4.79 Å². The first-order chi connectivity index (χ1) is 7.34. The van der Waals surface area contributed by atoms with Crippen molar-refractivity contribution in [1.29, 1.82) is 0 Å². The zero-order valence-corrected chi connectivity index (χ0v) is 8.62. The summed E-state index contributed by atoms with van der Waals surface area (Å²) < 4.78 is 1.86. The monoisotopic (exact) mass is 217 g/mol. The van der Waals surface area contributed by atoms with Gasteiger partial charge in [0.05, 0.1) is 4.53 Å². The Bertz CT molecular complexity index is 609. The average molecular weight is 217 g/mol. The molecule has 0 aliphatic carbocycles. The van der Waals surface area contributed by atoms with Gasteiger partial charge in [-0.25, -0.2) is 4.99 Å². The van der Waals surface area contributed by atoms with Gasteiger partial charge >= 0.3 is 0 Å². The molecule has 1 aromatic rings. The summed E-state index contributed by atoms with van der Waals surface area (Å²) in [6.07, 6.45) is 6.22. The molecule has 0 fully saturated rings. The summed E-state index contributed by atoms with van der Waals surface area (Å²) in [5.74, 6) is -0.176. The smallest absolute Gasteiger partial charge is 0.268 e. The summed E-state index contributed by atoms with van der Waals surface area (Å²) in [5.41, 5.74) is 2.18. The van der Waals surface area contributed by atoms with Crippen LogP contribution in [0.25, 0.3) is 6.20 Å². The number of nitrogens with zero attached hydrogens (tertiary/aromatic N) is 3. The molecule has 2 aliphatic heterocycles. The highest BCUT2D eigenvalue weighted by molar-refractivity contribution is 7.07. The van der Waals surface area contributed by atoms with Crippen LogP contribution in [-0.2, 0) is 11.2 Å². The quantitative estimate of drug-likeness (QED) is 0.588. The molecule has 0 aromatic carbocycles. The topological polar surface area (TPSA) is 54.1 Å². The maximum Gasteiger partial charge on any atom is 0.268 e. The first kappa shape index (κ1) is 8.67. The van der Waals surface area contributed by atoms with Gasteiger partial charge in [0.2, 0.25) is 0 Å². The molecule has 0 radical (unpaired) electrons. The summed E-state index contributed by atoms with van der Waals surface area (Å²) in [5, 5.41) is 0. The Balaban J connectivity index is 2.37. The van der Waals surface area contributed by atoms with Crippen LogP contribution in [0, 0.1) is 0 Å². The Labute approximate surface area is 89.4 Å². The van der Waals surface area contributed by atoms with Crippen LogP contribution in [0.1, 0.15) is 11.1 Å². The zero-order valence-electron chi connectivity index (χ0n) is 7.80. The molecule has 0 bridgehead atoms. The minimum Gasteiger partial charge on any atom is -0.282 e. The van der Waals surface area contributed by atoms with Crippen LogP contribution in [0.3, 0.4) is 0 Å². The number of carbonyl (C=O) groups is 1. The lowest BCUT2D eigenvalue weighted by molar-refractivity contribution is -0.116. The highest BCUT2D eigenvalue weighted by Gasteiger charge is 2.13. The van der Waals surface area contributed by atoms with E-state index in [0.29, 0.717) is 0 Å². The first-order valence-electron chi connectivity index (χ1n) is 4.59. The standard InChI is InChI=1S/C10H7N3OS/c14-9-5-12-3-7-6-1-2-11-4-8(6)15-10(7)13-9/h2-4H,1,5H2. The third kappa shape index (κ3) is 1.35. The van der Waals surface area contributed by atoms with Crippen molar-refractivity contribution in [3.05, 3.63) is 20.3 Å². The van der Waals surface area contributed by atoms with Crippen molar-refractivity contribution >= 4 is 35.9 Å². The van der Waals surface area contributed by atoms with E-state index in [-0.39, 0.29) is 12.5 Å². The van der Waals surface area contributed by atoms with Gasteiger partial charge < -0.3 is 0 Å². The Hall–Kier alpha value is -1.62. The van der Waals surface area contributed by atoms with Crippen molar-refractivity contribution in [2.24, 2.45) is 15.0 Å². The molecule has 4 nitrogen and oxygen atoms in total. The molecular formula is C10H7N3OS. The van der Waals surface area contributed by atoms with E-state index >= 15 is 0 Å². The maximum absolute atomic E-state index is 11.2. The second-order valence-electron chi connectivity index (χ2n) is 3.30. The lowest BCUT2D eigenvalue weighted by Crippen LogP contribution is -2.09. The molecule has 0 N–H and O–H groups in total. The number of aliphatic imine (C=N–C) groups is 2. The van der Waals surface area contributed by atoms with Crippen molar-refractivity contribution in [2.45, 2.75) is 6.42 Å². The van der Waals surface area contributed by atoms with Crippen LogP contribution in [0.2, 0.25) is 0 Å². The van der Waals surface area contributed by atoms with Crippen LogP contribution < -0.4 is 9.20 Å². The van der Waals surface area contributed by atoms with Crippen molar-refractivity contribution in [3.63, 3.8) is 0 Å². The minimum absolute atomic E-state index is 0.161. The molecule has 3 rings (SSSR count). The fraction of sp³-hybridized carbons (Fsp3) is 0.200. The van der Waals surface area contributed by atoms with Gasteiger partial charge in [-0.2, -0.15) is 0 Å². The fourth-order valence-corrected chi connectivity index (χ4v) is 2.71. The van der Waals surface area contributed by atoms with E-state index in [0.717, 1.165) is 21.2 Å². The fourth-order valence-electron chi connectivity index (χ4n) is 1.64. The van der Waals surface area contributed by atoms with Crippen molar-refractivity contribution in [2.75, 3.05) is 6.54 Å². The third-order valence-electron chi connectivity index (χ3n) is 2.33. The SMILES string of the molecule is O=C1CN=Cc2c3c(sc2=N1)=CN=CC3. The van der Waals surface area contributed by atoms with E-state index in [1.54, 1.807) is 6.21 Å². The van der Waals surface area contributed by atoms with E-state index in [4.69, 9.17) is 0 Å². The molecule has 5 heteroatoms. The minimum atomic E-state index is -0.176. The second-order valence-corrected chi connectivity index (χ2v) is 4.33. The zero-order chi connectivity index (χ0) is 10.3. The van der Waals surface area contributed by atoms with Gasteiger partial charge in [-0.05, 0) is 5.56 Å². The van der Waals surface area contributed by atoms with Crippen LogP contribution >= 0.6 is 11.3 Å². The van der Waals surface area contributed by atoms with Crippen molar-refractivity contribution in [1.82, 2.24) is 0 Å². The molecule has 0 unspecified atom stereocenters. The van der Waals surface area contributed by atoms with Gasteiger partial charge in [-0.3, -0.25) is 14.8 Å². The third-order valence-corrected chi connectivity index (χ3v) is 3.40. The number of hydrogen-bond donors (Lipinski definition) is 0. The highest BCUT2D eigenvalue weighted by atomic mass is 32.1. The molecule has 2 aliphatic rings. The number of carbonyl (C=O) groups excluding carboxylic acids is 1. The molecule has 1 amide bonds. The second kappa shape index (κ2) is 3.20. The summed E-state index contributed by atoms with van der Waals surface area (Å²) in [4.78, 5) is 23.4. The molecule has 1 aromatic heterocycles. The summed E-state index contributed by atoms with van der Waals surface area (Å²) in [7, 11) is 0. The average Bonchev–Trinajstić information content (AvgIpc) is 2.46. The van der Waals surface area contributed by atoms with Crippen LogP contribution in [0.5, 0.6) is 0 Å². The lowest BCUT2D eigenvalue weighted by atomic mass is 10.1. The number of hydrogen-bond acceptors (Lipinski definition) is 4. The van der Waals surface area contributed by atoms with Gasteiger partial charge in [0.25, 0.3) is 5.91 Å². The highest BCUT2D eigenvalue weighted by Crippen LogP contribution is 2.05. The first-order valence-corrected chi connectivity index (χ1v) is 5.41. The number of amides is 1. The lowest BCUT2D eigenvalue weighted by Gasteiger charge is -1.97. The van der Waals surface area contributed by atoms with E-state index in [1.165, 1.54) is 16.9 Å². The Morgan fingerprint density at radius 3 is 3.27 bits per heavy atom. The molecule has 0 spiro atoms.